The van der Waals surface area contributed by atoms with Crippen molar-refractivity contribution in [2.75, 3.05) is 4.90 Å². The molecule has 10 rings (SSSR count). The number of rotatable bonds is 8. The fourth-order valence-electron chi connectivity index (χ4n) is 8.03. The maximum absolute atomic E-state index is 6.16. The van der Waals surface area contributed by atoms with E-state index in [1.54, 1.807) is 0 Å². The molecule has 2 heteroatoms. The van der Waals surface area contributed by atoms with Crippen LogP contribution in [0.5, 0.6) is 0 Å². The highest BCUT2D eigenvalue weighted by Gasteiger charge is 2.16. The maximum atomic E-state index is 6.16. The number of fused-ring (bicyclic) bond motifs is 3. The smallest absolute Gasteiger partial charge is 0.135 e. The summed E-state index contributed by atoms with van der Waals surface area (Å²) in [5.74, 6) is 0. The highest BCUT2D eigenvalue weighted by atomic mass is 16.3. The Kier molecular flexibility index (Phi) is 9.01. The summed E-state index contributed by atoms with van der Waals surface area (Å²) in [6, 6.07) is 76.7. The van der Waals surface area contributed by atoms with Crippen LogP contribution in [0, 0.1) is 13.8 Å². The van der Waals surface area contributed by atoms with Gasteiger partial charge in [-0.15, -0.1) is 0 Å². The van der Waals surface area contributed by atoms with Crippen LogP contribution < -0.4 is 4.90 Å². The normalized spacial score (nSPS) is 11.3. The van der Waals surface area contributed by atoms with Gasteiger partial charge in [0, 0.05) is 27.8 Å². The Labute approximate surface area is 339 Å². The van der Waals surface area contributed by atoms with Crippen LogP contribution in [-0.2, 0) is 0 Å². The van der Waals surface area contributed by atoms with Gasteiger partial charge in [-0.2, -0.15) is 0 Å². The van der Waals surface area contributed by atoms with Crippen LogP contribution in [-0.4, -0.2) is 0 Å². The van der Waals surface area contributed by atoms with Crippen LogP contribution in [0.3, 0.4) is 0 Å². The van der Waals surface area contributed by atoms with Crippen molar-refractivity contribution in [1.29, 1.82) is 0 Å². The first kappa shape index (κ1) is 35.0. The first-order valence-corrected chi connectivity index (χ1v) is 19.9. The monoisotopic (exact) mass is 743 g/mol. The Morgan fingerprint density at radius 1 is 0.276 bits per heavy atom. The Hall–Kier alpha value is -7.42. The number of hydrogen-bond donors (Lipinski definition) is 0. The van der Waals surface area contributed by atoms with E-state index in [9.17, 15) is 0 Å². The molecule has 10 aromatic rings. The maximum Gasteiger partial charge on any atom is 0.135 e. The Bertz CT molecular complexity index is 2910. The van der Waals surface area contributed by atoms with Gasteiger partial charge in [-0.3, -0.25) is 0 Å². The summed E-state index contributed by atoms with van der Waals surface area (Å²) in [6.45, 7) is 4.26. The molecule has 0 spiro atoms. The zero-order valence-electron chi connectivity index (χ0n) is 32.6. The minimum absolute atomic E-state index is 0.900. The molecular weight excluding hydrogens is 703 g/mol. The van der Waals surface area contributed by atoms with Crippen molar-refractivity contribution in [1.82, 2.24) is 0 Å². The average molecular weight is 744 g/mol. The highest BCUT2D eigenvalue weighted by molar-refractivity contribution is 6.06. The van der Waals surface area contributed by atoms with Gasteiger partial charge in [0.15, 0.2) is 0 Å². The summed E-state index contributed by atoms with van der Waals surface area (Å²) >= 11 is 0. The fraction of sp³-hybridized carbons (Fsp3) is 0.0357. The molecule has 0 fully saturated rings. The molecule has 2 nitrogen and oxygen atoms in total. The van der Waals surface area contributed by atoms with Gasteiger partial charge in [0.05, 0.1) is 0 Å². The second-order valence-corrected chi connectivity index (χ2v) is 15.2. The van der Waals surface area contributed by atoms with Gasteiger partial charge < -0.3 is 9.32 Å². The van der Waals surface area contributed by atoms with E-state index in [0.717, 1.165) is 50.1 Å². The topological polar surface area (TPSA) is 16.4 Å². The van der Waals surface area contributed by atoms with E-state index in [1.807, 2.05) is 12.1 Å². The van der Waals surface area contributed by atoms with Gasteiger partial charge in [-0.05, 0) is 136 Å². The molecule has 0 aliphatic heterocycles. The van der Waals surface area contributed by atoms with E-state index >= 15 is 0 Å². The molecule has 58 heavy (non-hydrogen) atoms. The molecular formula is C56H41NO. The lowest BCUT2D eigenvalue weighted by molar-refractivity contribution is 0.669. The second kappa shape index (κ2) is 14.9. The molecule has 1 heterocycles. The molecule has 0 aliphatic carbocycles. The Morgan fingerprint density at radius 2 is 0.672 bits per heavy atom. The van der Waals surface area contributed by atoms with E-state index in [0.29, 0.717) is 0 Å². The number of para-hydroxylation sites is 1. The van der Waals surface area contributed by atoms with Crippen molar-refractivity contribution in [3.05, 3.63) is 223 Å². The van der Waals surface area contributed by atoms with Crippen molar-refractivity contribution in [2.24, 2.45) is 0 Å². The summed E-state index contributed by atoms with van der Waals surface area (Å²) in [4.78, 5) is 2.36. The second-order valence-electron chi connectivity index (χ2n) is 15.2. The van der Waals surface area contributed by atoms with Crippen molar-refractivity contribution < 1.29 is 4.42 Å². The molecule has 276 valence electrons. The number of hydrogen-bond acceptors (Lipinski definition) is 2. The number of aryl methyl sites for hydroxylation is 2. The van der Waals surface area contributed by atoms with E-state index < -0.39 is 0 Å². The molecule has 0 saturated carbocycles. The molecule has 9 aromatic carbocycles. The predicted molar refractivity (Wildman–Crippen MR) is 245 cm³/mol. The van der Waals surface area contributed by atoms with Gasteiger partial charge in [-0.1, -0.05) is 157 Å². The molecule has 0 radical (unpaired) electrons. The minimum Gasteiger partial charge on any atom is -0.456 e. The zero-order chi connectivity index (χ0) is 39.0. The molecule has 1 aromatic heterocycles. The van der Waals surface area contributed by atoms with Crippen molar-refractivity contribution in [3.8, 4) is 55.6 Å². The third-order valence-corrected chi connectivity index (χ3v) is 11.2. The number of benzene rings is 9. The third-order valence-electron chi connectivity index (χ3n) is 11.2. The molecule has 0 saturated heterocycles. The van der Waals surface area contributed by atoms with Crippen LogP contribution >= 0.6 is 0 Å². The molecule has 0 aliphatic rings. The van der Waals surface area contributed by atoms with Gasteiger partial charge in [-0.25, -0.2) is 0 Å². The summed E-state index contributed by atoms with van der Waals surface area (Å²) in [7, 11) is 0. The van der Waals surface area contributed by atoms with Gasteiger partial charge in [0.1, 0.15) is 11.2 Å². The largest absolute Gasteiger partial charge is 0.456 e. The molecule has 0 atom stereocenters. The number of furan rings is 1. The lowest BCUT2D eigenvalue weighted by Crippen LogP contribution is -2.10. The van der Waals surface area contributed by atoms with Crippen molar-refractivity contribution in [3.63, 3.8) is 0 Å². The standard InChI is InChI=1S/C56H41NO/c1-38-16-20-40(21-17-38)44-8-5-10-46(34-44)42-24-29-50(30-25-42)57(51-31-26-43(27-32-51)47-11-6-9-45(35-47)41-22-18-39(2)19-23-41)52-13-7-12-48(36-52)49-28-33-56-54(37-49)53-14-3-4-15-55(53)58-56/h3-37H,1-2H3. The van der Waals surface area contributed by atoms with Gasteiger partial charge in [0.2, 0.25) is 0 Å². The van der Waals surface area contributed by atoms with Gasteiger partial charge >= 0.3 is 0 Å². The first-order valence-electron chi connectivity index (χ1n) is 19.9. The Balaban J connectivity index is 1.03. The van der Waals surface area contributed by atoms with E-state index in [-0.39, 0.29) is 0 Å². The van der Waals surface area contributed by atoms with Crippen LogP contribution in [0.25, 0.3) is 77.6 Å². The quantitative estimate of drug-likeness (QED) is 0.154. The van der Waals surface area contributed by atoms with E-state index in [4.69, 9.17) is 4.42 Å². The molecule has 0 unspecified atom stereocenters. The van der Waals surface area contributed by atoms with Crippen LogP contribution in [0.4, 0.5) is 17.1 Å². The molecule has 0 N–H and O–H groups in total. The summed E-state index contributed by atoms with van der Waals surface area (Å²) in [5.41, 5.74) is 19.5. The Morgan fingerprint density at radius 3 is 1.19 bits per heavy atom. The van der Waals surface area contributed by atoms with E-state index in [1.165, 1.54) is 55.6 Å². The lowest BCUT2D eigenvalue weighted by Gasteiger charge is -2.26. The van der Waals surface area contributed by atoms with Crippen molar-refractivity contribution in [2.45, 2.75) is 13.8 Å². The fourth-order valence-corrected chi connectivity index (χ4v) is 8.03. The SMILES string of the molecule is Cc1ccc(-c2cccc(-c3ccc(N(c4ccc(-c5cccc(-c6ccc(C)cc6)c5)cc4)c4cccc(-c5ccc6oc7ccccc7c6c5)c4)cc3)c2)cc1. The number of nitrogens with zero attached hydrogens (tertiary/aromatic N) is 1. The summed E-state index contributed by atoms with van der Waals surface area (Å²) in [6.07, 6.45) is 0. The molecule has 0 bridgehead atoms. The first-order chi connectivity index (χ1) is 28.5. The third kappa shape index (κ3) is 6.86. The van der Waals surface area contributed by atoms with Crippen LogP contribution in [0.1, 0.15) is 11.1 Å². The van der Waals surface area contributed by atoms with Crippen molar-refractivity contribution >= 4 is 39.0 Å². The van der Waals surface area contributed by atoms with Crippen LogP contribution in [0.2, 0.25) is 0 Å². The minimum atomic E-state index is 0.900. The van der Waals surface area contributed by atoms with Gasteiger partial charge in [0.25, 0.3) is 0 Å². The zero-order valence-corrected chi connectivity index (χ0v) is 32.6. The summed E-state index contributed by atoms with van der Waals surface area (Å²) in [5, 5.41) is 2.26. The predicted octanol–water partition coefficient (Wildman–Crippen LogP) is 16.0. The summed E-state index contributed by atoms with van der Waals surface area (Å²) < 4.78 is 6.16. The highest BCUT2D eigenvalue weighted by Crippen LogP contribution is 2.40. The lowest BCUT2D eigenvalue weighted by atomic mass is 9.97. The van der Waals surface area contributed by atoms with Crippen LogP contribution in [0.15, 0.2) is 217 Å². The number of anilines is 3. The molecule has 0 amide bonds. The average Bonchev–Trinajstić information content (AvgIpc) is 3.66. The van der Waals surface area contributed by atoms with E-state index in [2.05, 4.69) is 219 Å².